The van der Waals surface area contributed by atoms with Crippen LogP contribution in [0.3, 0.4) is 0 Å². The number of rotatable bonds is 8. The van der Waals surface area contributed by atoms with Gasteiger partial charge in [0.1, 0.15) is 27.8 Å². The molecule has 46 heavy (non-hydrogen) atoms. The molecule has 242 valence electrons. The fraction of sp³-hybridized carbons (Fsp3) is 0.389. The van der Waals surface area contributed by atoms with Gasteiger partial charge in [0.05, 0.1) is 12.6 Å². The molecule has 0 saturated carbocycles. The third-order valence-corrected chi connectivity index (χ3v) is 9.06. The molecule has 2 saturated heterocycles. The molecule has 6 rings (SSSR count). The largest absolute Gasteiger partial charge is 0.465 e. The Morgan fingerprint density at radius 3 is 2.33 bits per heavy atom. The highest BCUT2D eigenvalue weighted by Crippen LogP contribution is 2.44. The number of hydrogen-bond acceptors (Lipinski definition) is 8. The van der Waals surface area contributed by atoms with Crippen molar-refractivity contribution in [2.75, 3.05) is 25.0 Å². The van der Waals surface area contributed by atoms with Crippen LogP contribution in [0.5, 0.6) is 17.2 Å². The lowest BCUT2D eigenvalue weighted by atomic mass is 9.97. The first-order valence-electron chi connectivity index (χ1n) is 15.6. The molecule has 1 N–H and O–H groups in total. The van der Waals surface area contributed by atoms with Crippen LogP contribution in [0.25, 0.3) is 10.1 Å². The minimum atomic E-state index is -0.527. The molecule has 3 aromatic carbocycles. The molecule has 10 heteroatoms. The van der Waals surface area contributed by atoms with Crippen molar-refractivity contribution >= 4 is 39.0 Å². The summed E-state index contributed by atoms with van der Waals surface area (Å²) in [7, 11) is 0. The topological polar surface area (TPSA) is 86.3 Å². The van der Waals surface area contributed by atoms with Gasteiger partial charge in [-0.15, -0.1) is 11.3 Å². The second-order valence-corrected chi connectivity index (χ2v) is 14.0. The zero-order valence-corrected chi connectivity index (χ0v) is 27.6. The van der Waals surface area contributed by atoms with E-state index in [1.165, 1.54) is 23.5 Å². The van der Waals surface area contributed by atoms with Crippen molar-refractivity contribution in [3.05, 3.63) is 82.0 Å². The first-order valence-corrected chi connectivity index (χ1v) is 16.4. The van der Waals surface area contributed by atoms with Gasteiger partial charge in [0.15, 0.2) is 12.0 Å². The van der Waals surface area contributed by atoms with E-state index in [0.717, 1.165) is 35.0 Å². The number of halogens is 1. The molecule has 2 aliphatic rings. The molecule has 1 amide bonds. The Balaban J connectivity index is 1.23. The summed E-state index contributed by atoms with van der Waals surface area (Å²) in [5, 5.41) is 4.22. The maximum absolute atomic E-state index is 14.1. The molecule has 4 aromatic rings. The van der Waals surface area contributed by atoms with Crippen molar-refractivity contribution in [1.29, 1.82) is 0 Å². The van der Waals surface area contributed by atoms with Crippen molar-refractivity contribution in [2.45, 2.75) is 71.8 Å². The van der Waals surface area contributed by atoms with Crippen LogP contribution in [0.15, 0.2) is 54.6 Å². The van der Waals surface area contributed by atoms with Crippen LogP contribution in [-0.2, 0) is 9.47 Å². The van der Waals surface area contributed by atoms with Gasteiger partial charge in [-0.2, -0.15) is 0 Å². The lowest BCUT2D eigenvalue weighted by Gasteiger charge is -2.40. The first-order chi connectivity index (χ1) is 21.9. The second-order valence-electron chi connectivity index (χ2n) is 12.9. The standard InChI is InChI=1S/C36H39FN2O6S/c1-21-16-23(37)17-22(2)31(21)32(40)34-33(28-14-13-27(18-29(28)46-34)43-30-8-6-7-15-42-30)44-26-11-9-24(10-12-26)38-25-19-39(20-25)35(41)45-36(3,4)5/h9-14,16-18,25,30,38H,6-8,15,19-20H2,1-5H3. The lowest BCUT2D eigenvalue weighted by Crippen LogP contribution is -2.57. The van der Waals surface area contributed by atoms with Gasteiger partial charge >= 0.3 is 6.09 Å². The molecule has 2 fully saturated rings. The Kier molecular flexibility index (Phi) is 8.94. The number of thiophene rings is 1. The van der Waals surface area contributed by atoms with Crippen LogP contribution < -0.4 is 14.8 Å². The Bertz CT molecular complexity index is 1730. The van der Waals surface area contributed by atoms with Crippen LogP contribution in [0.1, 0.15) is 66.4 Å². The highest BCUT2D eigenvalue weighted by Gasteiger charge is 2.33. The van der Waals surface area contributed by atoms with Gasteiger partial charge in [-0.25, -0.2) is 9.18 Å². The van der Waals surface area contributed by atoms with Crippen LogP contribution in [0.2, 0.25) is 0 Å². The van der Waals surface area contributed by atoms with Crippen molar-refractivity contribution in [2.24, 2.45) is 0 Å². The van der Waals surface area contributed by atoms with Gasteiger partial charge in [-0.1, -0.05) is 0 Å². The monoisotopic (exact) mass is 646 g/mol. The molecular weight excluding hydrogens is 607 g/mol. The molecule has 1 aromatic heterocycles. The Hall–Kier alpha value is -4.15. The molecule has 1 atom stereocenters. The number of ketones is 1. The molecule has 0 aliphatic carbocycles. The number of nitrogens with one attached hydrogen (secondary N) is 1. The number of carbonyl (C=O) groups excluding carboxylic acids is 2. The summed E-state index contributed by atoms with van der Waals surface area (Å²) in [5.41, 5.74) is 1.96. The number of ether oxygens (including phenoxy) is 4. The van der Waals surface area contributed by atoms with Gasteiger partial charge < -0.3 is 29.2 Å². The molecule has 0 spiro atoms. The normalized spacial score (nSPS) is 17.0. The van der Waals surface area contributed by atoms with Crippen molar-refractivity contribution in [3.8, 4) is 17.2 Å². The maximum atomic E-state index is 14.1. The summed E-state index contributed by atoms with van der Waals surface area (Å²) in [5.74, 6) is 1.08. The minimum Gasteiger partial charge on any atom is -0.465 e. The fourth-order valence-corrected chi connectivity index (χ4v) is 6.84. The molecule has 0 radical (unpaired) electrons. The number of aryl methyl sites for hydroxylation is 2. The summed E-state index contributed by atoms with van der Waals surface area (Å²) < 4.78 is 38.7. The predicted octanol–water partition coefficient (Wildman–Crippen LogP) is 8.62. The SMILES string of the molecule is Cc1cc(F)cc(C)c1C(=O)c1sc2cc(OC3CCCCO3)ccc2c1Oc1ccc(NC2CN(C(=O)OC(C)(C)C)C2)cc1. The smallest absolute Gasteiger partial charge is 0.410 e. The number of benzene rings is 3. The van der Waals surface area contributed by atoms with E-state index in [9.17, 15) is 14.0 Å². The third-order valence-electron chi connectivity index (χ3n) is 7.93. The van der Waals surface area contributed by atoms with Gasteiger partial charge in [0.2, 0.25) is 5.78 Å². The average molecular weight is 647 g/mol. The summed E-state index contributed by atoms with van der Waals surface area (Å²) >= 11 is 1.33. The zero-order valence-electron chi connectivity index (χ0n) is 26.8. The van der Waals surface area contributed by atoms with Gasteiger partial charge in [-0.05, 0) is 113 Å². The highest BCUT2D eigenvalue weighted by atomic mass is 32.1. The van der Waals surface area contributed by atoms with Crippen molar-refractivity contribution in [3.63, 3.8) is 0 Å². The van der Waals surface area contributed by atoms with Crippen LogP contribution in [0, 0.1) is 19.7 Å². The summed E-state index contributed by atoms with van der Waals surface area (Å²) in [6.45, 7) is 10.8. The van der Waals surface area contributed by atoms with E-state index in [0.29, 0.717) is 58.5 Å². The number of fused-ring (bicyclic) bond motifs is 1. The Labute approximate surface area is 272 Å². The number of likely N-dealkylation sites (tertiary alicyclic amines) is 1. The zero-order chi connectivity index (χ0) is 32.6. The molecule has 3 heterocycles. The van der Waals surface area contributed by atoms with E-state index >= 15 is 0 Å². The second kappa shape index (κ2) is 12.9. The van der Waals surface area contributed by atoms with Crippen LogP contribution in [-0.4, -0.2) is 54.4 Å². The van der Waals surface area contributed by atoms with Gasteiger partial charge in [0, 0.05) is 40.8 Å². The average Bonchev–Trinajstić information content (AvgIpc) is 3.32. The molecule has 2 aliphatic heterocycles. The highest BCUT2D eigenvalue weighted by molar-refractivity contribution is 7.21. The minimum absolute atomic E-state index is 0.113. The molecule has 1 unspecified atom stereocenters. The molecule has 8 nitrogen and oxygen atoms in total. The number of carbonyl (C=O) groups is 2. The third kappa shape index (κ3) is 7.13. The van der Waals surface area contributed by atoms with E-state index in [2.05, 4.69) is 5.32 Å². The molecular formula is C36H39FN2O6S. The predicted molar refractivity (Wildman–Crippen MR) is 177 cm³/mol. The van der Waals surface area contributed by atoms with Crippen LogP contribution >= 0.6 is 11.3 Å². The van der Waals surface area contributed by atoms with Crippen molar-refractivity contribution < 1.29 is 32.9 Å². The van der Waals surface area contributed by atoms with E-state index in [-0.39, 0.29) is 30.0 Å². The van der Waals surface area contributed by atoms with E-state index < -0.39 is 5.60 Å². The molecule has 0 bridgehead atoms. The van der Waals surface area contributed by atoms with Gasteiger partial charge in [0.25, 0.3) is 0 Å². The number of amides is 1. The quantitative estimate of drug-likeness (QED) is 0.192. The maximum Gasteiger partial charge on any atom is 0.410 e. The Morgan fingerprint density at radius 2 is 1.67 bits per heavy atom. The number of anilines is 1. The summed E-state index contributed by atoms with van der Waals surface area (Å²) in [4.78, 5) is 28.4. The van der Waals surface area contributed by atoms with Gasteiger partial charge in [-0.3, -0.25) is 4.79 Å². The van der Waals surface area contributed by atoms with Crippen LogP contribution in [0.4, 0.5) is 14.9 Å². The summed E-state index contributed by atoms with van der Waals surface area (Å²) in [6.07, 6.45) is 2.31. The number of nitrogens with zero attached hydrogens (tertiary/aromatic N) is 1. The Morgan fingerprint density at radius 1 is 0.978 bits per heavy atom. The fourth-order valence-electron chi connectivity index (χ4n) is 5.73. The van der Waals surface area contributed by atoms with Crippen molar-refractivity contribution in [1.82, 2.24) is 4.90 Å². The van der Waals surface area contributed by atoms with E-state index in [1.54, 1.807) is 18.7 Å². The lowest BCUT2D eigenvalue weighted by molar-refractivity contribution is -0.105. The first kappa shape index (κ1) is 31.8. The van der Waals surface area contributed by atoms with E-state index in [1.807, 2.05) is 63.2 Å². The van der Waals surface area contributed by atoms with E-state index in [4.69, 9.17) is 18.9 Å². The number of hydrogen-bond donors (Lipinski definition) is 1. The summed E-state index contributed by atoms with van der Waals surface area (Å²) in [6, 6.07) is 16.1.